The first-order valence-corrected chi connectivity index (χ1v) is 10.6. The monoisotopic (exact) mass is 390 g/mol. The first-order chi connectivity index (χ1) is 13.6. The SMILES string of the molecule is CCOc1cc(CCCNC(=NC)NCCN(C(C)C)C2CC2)ccc1OC. The fraction of sp³-hybridized carbons (Fsp3) is 0.682. The minimum absolute atomic E-state index is 0.607. The third-order valence-corrected chi connectivity index (χ3v) is 5.03. The van der Waals surface area contributed by atoms with Crippen LogP contribution in [0.25, 0.3) is 0 Å². The molecule has 0 aromatic heterocycles. The van der Waals surface area contributed by atoms with Gasteiger partial charge in [-0.15, -0.1) is 0 Å². The second-order valence-corrected chi connectivity index (χ2v) is 7.51. The van der Waals surface area contributed by atoms with Gasteiger partial charge in [0.25, 0.3) is 0 Å². The number of benzene rings is 1. The van der Waals surface area contributed by atoms with Crippen LogP contribution >= 0.6 is 0 Å². The number of nitrogens with zero attached hydrogens (tertiary/aromatic N) is 2. The summed E-state index contributed by atoms with van der Waals surface area (Å²) in [6, 6.07) is 7.56. The lowest BCUT2D eigenvalue weighted by Gasteiger charge is -2.26. The molecular weight excluding hydrogens is 352 g/mol. The molecule has 158 valence electrons. The maximum atomic E-state index is 5.66. The average molecular weight is 391 g/mol. The maximum absolute atomic E-state index is 5.66. The van der Waals surface area contributed by atoms with Crippen molar-refractivity contribution in [1.29, 1.82) is 0 Å². The summed E-state index contributed by atoms with van der Waals surface area (Å²) >= 11 is 0. The van der Waals surface area contributed by atoms with Gasteiger partial charge in [-0.05, 0) is 64.2 Å². The molecule has 6 heteroatoms. The zero-order chi connectivity index (χ0) is 20.4. The van der Waals surface area contributed by atoms with E-state index >= 15 is 0 Å². The Morgan fingerprint density at radius 2 is 1.96 bits per heavy atom. The Morgan fingerprint density at radius 3 is 2.57 bits per heavy atom. The molecule has 2 N–H and O–H groups in total. The molecule has 1 aliphatic rings. The van der Waals surface area contributed by atoms with Gasteiger partial charge in [0.15, 0.2) is 17.5 Å². The van der Waals surface area contributed by atoms with Crippen LogP contribution in [0.1, 0.15) is 45.6 Å². The van der Waals surface area contributed by atoms with E-state index in [1.807, 2.05) is 20.0 Å². The fourth-order valence-electron chi connectivity index (χ4n) is 3.44. The normalized spacial score (nSPS) is 14.5. The van der Waals surface area contributed by atoms with Crippen LogP contribution in [0.3, 0.4) is 0 Å². The number of methoxy groups -OCH3 is 1. The van der Waals surface area contributed by atoms with Gasteiger partial charge in [-0.2, -0.15) is 0 Å². The van der Waals surface area contributed by atoms with E-state index in [-0.39, 0.29) is 0 Å². The highest BCUT2D eigenvalue weighted by Crippen LogP contribution is 2.29. The Labute approximate surface area is 170 Å². The first kappa shape index (κ1) is 22.3. The fourth-order valence-corrected chi connectivity index (χ4v) is 3.44. The van der Waals surface area contributed by atoms with Gasteiger partial charge in [0.05, 0.1) is 13.7 Å². The van der Waals surface area contributed by atoms with Crippen molar-refractivity contribution in [1.82, 2.24) is 15.5 Å². The summed E-state index contributed by atoms with van der Waals surface area (Å²) in [7, 11) is 3.50. The van der Waals surface area contributed by atoms with Crippen molar-refractivity contribution in [2.75, 3.05) is 40.4 Å². The Hall–Kier alpha value is -1.95. The standard InChI is InChI=1S/C22H38N4O2/c1-6-28-21-16-18(9-12-20(21)27-5)8-7-13-24-22(23-4)25-14-15-26(17(2)3)19-10-11-19/h9,12,16-17,19H,6-8,10-11,13-15H2,1-5H3,(H2,23,24,25). The number of ether oxygens (including phenoxy) is 2. The highest BCUT2D eigenvalue weighted by atomic mass is 16.5. The third kappa shape index (κ3) is 7.23. The smallest absolute Gasteiger partial charge is 0.191 e. The molecular formula is C22H38N4O2. The third-order valence-electron chi connectivity index (χ3n) is 5.03. The zero-order valence-electron chi connectivity index (χ0n) is 18.3. The highest BCUT2D eigenvalue weighted by molar-refractivity contribution is 5.79. The summed E-state index contributed by atoms with van der Waals surface area (Å²) in [5, 5.41) is 6.85. The summed E-state index contributed by atoms with van der Waals surface area (Å²) in [5.74, 6) is 2.48. The number of guanidine groups is 1. The molecule has 6 nitrogen and oxygen atoms in total. The van der Waals surface area contributed by atoms with Crippen LogP contribution in [0, 0.1) is 0 Å². The van der Waals surface area contributed by atoms with Gasteiger partial charge in [0.2, 0.25) is 0 Å². The maximum Gasteiger partial charge on any atom is 0.191 e. The van der Waals surface area contributed by atoms with Crippen LogP contribution in [-0.4, -0.2) is 63.3 Å². The molecule has 0 unspecified atom stereocenters. The van der Waals surface area contributed by atoms with Crippen LogP contribution in [0.15, 0.2) is 23.2 Å². The summed E-state index contributed by atoms with van der Waals surface area (Å²) in [6.45, 7) is 10.0. The van der Waals surface area contributed by atoms with Gasteiger partial charge in [-0.25, -0.2) is 0 Å². The van der Waals surface area contributed by atoms with Crippen molar-refractivity contribution in [2.45, 2.75) is 58.5 Å². The molecule has 0 spiro atoms. The number of aryl methyl sites for hydroxylation is 1. The predicted molar refractivity (Wildman–Crippen MR) is 117 cm³/mol. The Balaban J connectivity index is 1.69. The molecule has 0 saturated heterocycles. The highest BCUT2D eigenvalue weighted by Gasteiger charge is 2.30. The first-order valence-electron chi connectivity index (χ1n) is 10.6. The van der Waals surface area contributed by atoms with Crippen molar-refractivity contribution < 1.29 is 9.47 Å². The van der Waals surface area contributed by atoms with Gasteiger partial charge in [0, 0.05) is 38.8 Å². The summed E-state index contributed by atoms with van der Waals surface area (Å²) in [6.07, 6.45) is 4.71. The molecule has 0 aliphatic heterocycles. The molecule has 2 rings (SSSR count). The Bertz CT molecular complexity index is 613. The van der Waals surface area contributed by atoms with Crippen LogP contribution in [0.2, 0.25) is 0 Å². The Morgan fingerprint density at radius 1 is 1.21 bits per heavy atom. The van der Waals surface area contributed by atoms with E-state index in [1.165, 1.54) is 18.4 Å². The lowest BCUT2D eigenvalue weighted by molar-refractivity contribution is 0.215. The molecule has 0 amide bonds. The molecule has 1 aromatic carbocycles. The van der Waals surface area contributed by atoms with Crippen LogP contribution in [0.5, 0.6) is 11.5 Å². The van der Waals surface area contributed by atoms with Crippen molar-refractivity contribution in [3.8, 4) is 11.5 Å². The minimum Gasteiger partial charge on any atom is -0.493 e. The second kappa shape index (κ2) is 11.8. The van der Waals surface area contributed by atoms with Gasteiger partial charge in [0.1, 0.15) is 0 Å². The topological polar surface area (TPSA) is 58.1 Å². The van der Waals surface area contributed by atoms with E-state index < -0.39 is 0 Å². The minimum atomic E-state index is 0.607. The zero-order valence-corrected chi connectivity index (χ0v) is 18.3. The molecule has 1 fully saturated rings. The van der Waals surface area contributed by atoms with Gasteiger partial charge in [-0.3, -0.25) is 9.89 Å². The number of rotatable bonds is 12. The number of hydrogen-bond acceptors (Lipinski definition) is 4. The molecule has 0 bridgehead atoms. The molecule has 0 radical (unpaired) electrons. The van der Waals surface area contributed by atoms with Crippen LogP contribution in [0.4, 0.5) is 0 Å². The lowest BCUT2D eigenvalue weighted by Crippen LogP contribution is -2.44. The van der Waals surface area contributed by atoms with Crippen LogP contribution < -0.4 is 20.1 Å². The van der Waals surface area contributed by atoms with Crippen molar-refractivity contribution in [2.24, 2.45) is 4.99 Å². The van der Waals surface area contributed by atoms with Crippen molar-refractivity contribution in [3.05, 3.63) is 23.8 Å². The molecule has 28 heavy (non-hydrogen) atoms. The van der Waals surface area contributed by atoms with Crippen molar-refractivity contribution in [3.63, 3.8) is 0 Å². The molecule has 0 atom stereocenters. The number of hydrogen-bond donors (Lipinski definition) is 2. The summed E-state index contributed by atoms with van der Waals surface area (Å²) in [5.41, 5.74) is 1.26. The molecule has 1 aliphatic carbocycles. The Kier molecular flexibility index (Phi) is 9.41. The van der Waals surface area contributed by atoms with Crippen molar-refractivity contribution >= 4 is 5.96 Å². The van der Waals surface area contributed by atoms with Crippen LogP contribution in [-0.2, 0) is 6.42 Å². The predicted octanol–water partition coefficient (Wildman–Crippen LogP) is 3.06. The van der Waals surface area contributed by atoms with Gasteiger partial charge in [-0.1, -0.05) is 6.07 Å². The summed E-state index contributed by atoms with van der Waals surface area (Å²) in [4.78, 5) is 6.92. The van der Waals surface area contributed by atoms with E-state index in [0.717, 1.165) is 56.0 Å². The number of aliphatic imine (C=N–C) groups is 1. The average Bonchev–Trinajstić information content (AvgIpc) is 3.52. The second-order valence-electron chi connectivity index (χ2n) is 7.51. The van der Waals surface area contributed by atoms with E-state index in [9.17, 15) is 0 Å². The van der Waals surface area contributed by atoms with E-state index in [1.54, 1.807) is 7.11 Å². The molecule has 1 aromatic rings. The lowest BCUT2D eigenvalue weighted by atomic mass is 10.1. The quantitative estimate of drug-likeness (QED) is 0.326. The number of nitrogens with one attached hydrogen (secondary N) is 2. The molecule has 0 heterocycles. The summed E-state index contributed by atoms with van der Waals surface area (Å²) < 4.78 is 11.0. The van der Waals surface area contributed by atoms with Gasteiger partial charge >= 0.3 is 0 Å². The van der Waals surface area contributed by atoms with E-state index in [2.05, 4.69) is 46.5 Å². The van der Waals surface area contributed by atoms with E-state index in [0.29, 0.717) is 12.6 Å². The van der Waals surface area contributed by atoms with E-state index in [4.69, 9.17) is 9.47 Å². The largest absolute Gasteiger partial charge is 0.493 e. The van der Waals surface area contributed by atoms with Gasteiger partial charge < -0.3 is 20.1 Å². The molecule has 1 saturated carbocycles.